The van der Waals surface area contributed by atoms with Crippen LogP contribution in [0.25, 0.3) is 11.0 Å². The minimum atomic E-state index is -0.178. The fraction of sp³-hybridized carbons (Fsp3) is 0.125. The summed E-state index contributed by atoms with van der Waals surface area (Å²) in [6.07, 6.45) is 0. The molecule has 0 saturated heterocycles. The second-order valence-corrected chi connectivity index (χ2v) is 5.09. The molecule has 0 unspecified atom stereocenters. The van der Waals surface area contributed by atoms with E-state index in [-0.39, 0.29) is 11.5 Å². The highest BCUT2D eigenvalue weighted by Crippen LogP contribution is 2.28. The van der Waals surface area contributed by atoms with Crippen molar-refractivity contribution in [2.24, 2.45) is 0 Å². The van der Waals surface area contributed by atoms with Gasteiger partial charge in [-0.3, -0.25) is 9.78 Å². The lowest BCUT2D eigenvalue weighted by Gasteiger charge is -2.02. The predicted molar refractivity (Wildman–Crippen MR) is 78.4 cm³/mol. The van der Waals surface area contributed by atoms with Gasteiger partial charge >= 0.3 is 0 Å². The number of pyridine rings is 1. The van der Waals surface area contributed by atoms with Gasteiger partial charge in [-0.1, -0.05) is 23.7 Å². The maximum absolute atomic E-state index is 12.5. The van der Waals surface area contributed by atoms with Crippen molar-refractivity contribution in [3.05, 3.63) is 64.1 Å². The molecule has 0 bridgehead atoms. The van der Waals surface area contributed by atoms with E-state index >= 15 is 0 Å². The van der Waals surface area contributed by atoms with E-state index in [2.05, 4.69) is 4.98 Å². The van der Waals surface area contributed by atoms with Crippen LogP contribution in [0.4, 0.5) is 0 Å². The molecular formula is C16H12ClNO2. The SMILES string of the molecule is Cc1ccc(C(=O)c2cc3cccc(Cl)c3o2)c(C)n1. The summed E-state index contributed by atoms with van der Waals surface area (Å²) in [7, 11) is 0. The first-order valence-electron chi connectivity index (χ1n) is 6.23. The molecule has 0 amide bonds. The second kappa shape index (κ2) is 4.76. The largest absolute Gasteiger partial charge is 0.451 e. The van der Waals surface area contributed by atoms with Gasteiger partial charge in [0.05, 0.1) is 5.02 Å². The van der Waals surface area contributed by atoms with Gasteiger partial charge in [-0.05, 0) is 38.1 Å². The van der Waals surface area contributed by atoms with E-state index < -0.39 is 0 Å². The number of fused-ring (bicyclic) bond motifs is 1. The smallest absolute Gasteiger partial charge is 0.230 e. The van der Waals surface area contributed by atoms with Crippen LogP contribution < -0.4 is 0 Å². The van der Waals surface area contributed by atoms with Crippen LogP contribution in [0.2, 0.25) is 5.02 Å². The van der Waals surface area contributed by atoms with Crippen molar-refractivity contribution >= 4 is 28.4 Å². The number of hydrogen-bond acceptors (Lipinski definition) is 3. The van der Waals surface area contributed by atoms with Crippen molar-refractivity contribution in [3.63, 3.8) is 0 Å². The highest BCUT2D eigenvalue weighted by Gasteiger charge is 2.18. The summed E-state index contributed by atoms with van der Waals surface area (Å²) in [5, 5.41) is 1.32. The van der Waals surface area contributed by atoms with Crippen molar-refractivity contribution in [1.29, 1.82) is 0 Å². The molecule has 3 rings (SSSR count). The number of para-hydroxylation sites is 1. The number of carbonyl (C=O) groups excluding carboxylic acids is 1. The van der Waals surface area contributed by atoms with Crippen molar-refractivity contribution in [3.8, 4) is 0 Å². The second-order valence-electron chi connectivity index (χ2n) is 4.68. The number of aromatic nitrogens is 1. The molecule has 0 saturated carbocycles. The predicted octanol–water partition coefficient (Wildman–Crippen LogP) is 4.33. The van der Waals surface area contributed by atoms with Crippen molar-refractivity contribution in [1.82, 2.24) is 4.98 Å². The van der Waals surface area contributed by atoms with E-state index in [1.807, 2.05) is 32.0 Å². The van der Waals surface area contributed by atoms with Gasteiger partial charge in [0.25, 0.3) is 0 Å². The van der Waals surface area contributed by atoms with E-state index in [4.69, 9.17) is 16.0 Å². The number of hydrogen-bond donors (Lipinski definition) is 0. The number of benzene rings is 1. The quantitative estimate of drug-likeness (QED) is 0.658. The topological polar surface area (TPSA) is 43.1 Å². The lowest BCUT2D eigenvalue weighted by Crippen LogP contribution is -2.04. The fourth-order valence-corrected chi connectivity index (χ4v) is 2.42. The number of rotatable bonds is 2. The Morgan fingerprint density at radius 2 is 2.00 bits per heavy atom. The van der Waals surface area contributed by atoms with Crippen LogP contribution in [0, 0.1) is 13.8 Å². The lowest BCUT2D eigenvalue weighted by molar-refractivity contribution is 0.101. The average molecular weight is 286 g/mol. The first-order valence-corrected chi connectivity index (χ1v) is 6.61. The van der Waals surface area contributed by atoms with E-state index in [0.29, 0.717) is 21.9 Å². The summed E-state index contributed by atoms with van der Waals surface area (Å²) in [5.41, 5.74) is 2.66. The Hall–Kier alpha value is -2.13. The maximum atomic E-state index is 12.5. The van der Waals surface area contributed by atoms with Gasteiger partial charge in [0.2, 0.25) is 5.78 Å². The minimum absolute atomic E-state index is 0.178. The lowest BCUT2D eigenvalue weighted by atomic mass is 10.1. The minimum Gasteiger partial charge on any atom is -0.451 e. The Morgan fingerprint density at radius 3 is 2.70 bits per heavy atom. The van der Waals surface area contributed by atoms with Crippen molar-refractivity contribution in [2.45, 2.75) is 13.8 Å². The molecule has 0 radical (unpaired) electrons. The third-order valence-corrected chi connectivity index (χ3v) is 3.49. The molecular weight excluding hydrogens is 274 g/mol. The summed E-state index contributed by atoms with van der Waals surface area (Å²) in [4.78, 5) is 16.8. The molecule has 2 heterocycles. The molecule has 0 N–H and O–H groups in total. The van der Waals surface area contributed by atoms with Gasteiger partial charge in [0, 0.05) is 22.3 Å². The normalized spacial score (nSPS) is 10.9. The number of nitrogens with zero attached hydrogens (tertiary/aromatic N) is 1. The van der Waals surface area contributed by atoms with E-state index in [0.717, 1.165) is 11.1 Å². The Morgan fingerprint density at radius 1 is 1.20 bits per heavy atom. The van der Waals surface area contributed by atoms with Gasteiger partial charge in [-0.15, -0.1) is 0 Å². The van der Waals surface area contributed by atoms with E-state index in [1.165, 1.54) is 0 Å². The number of furan rings is 1. The van der Waals surface area contributed by atoms with Gasteiger partial charge < -0.3 is 4.42 Å². The van der Waals surface area contributed by atoms with Crippen LogP contribution in [-0.4, -0.2) is 10.8 Å². The average Bonchev–Trinajstić information content (AvgIpc) is 2.83. The Kier molecular flexibility index (Phi) is 3.07. The zero-order valence-corrected chi connectivity index (χ0v) is 11.9. The monoisotopic (exact) mass is 285 g/mol. The number of ketones is 1. The molecule has 1 aromatic carbocycles. The fourth-order valence-electron chi connectivity index (χ4n) is 2.20. The zero-order chi connectivity index (χ0) is 14.3. The molecule has 2 aromatic heterocycles. The summed E-state index contributed by atoms with van der Waals surface area (Å²) >= 11 is 6.06. The summed E-state index contributed by atoms with van der Waals surface area (Å²) in [6, 6.07) is 10.7. The molecule has 0 spiro atoms. The standard InChI is InChI=1S/C16H12ClNO2/c1-9-6-7-12(10(2)18-9)15(19)14-8-11-4-3-5-13(17)16(11)20-14/h3-8H,1-2H3. The number of aryl methyl sites for hydroxylation is 2. The third kappa shape index (κ3) is 2.10. The van der Waals surface area contributed by atoms with Crippen molar-refractivity contribution < 1.29 is 9.21 Å². The Balaban J connectivity index is 2.10. The van der Waals surface area contributed by atoms with Crippen molar-refractivity contribution in [2.75, 3.05) is 0 Å². The molecule has 0 fully saturated rings. The molecule has 20 heavy (non-hydrogen) atoms. The first-order chi connectivity index (χ1) is 9.56. The molecule has 100 valence electrons. The van der Waals surface area contributed by atoms with Gasteiger partial charge in [0.1, 0.15) is 0 Å². The van der Waals surface area contributed by atoms with Gasteiger partial charge in [0.15, 0.2) is 11.3 Å². The Bertz CT molecular complexity index is 820. The van der Waals surface area contributed by atoms with Gasteiger partial charge in [-0.25, -0.2) is 0 Å². The van der Waals surface area contributed by atoms with Crippen LogP contribution in [0.1, 0.15) is 27.5 Å². The van der Waals surface area contributed by atoms with Crippen LogP contribution in [-0.2, 0) is 0 Å². The molecule has 4 heteroatoms. The van der Waals surface area contributed by atoms with E-state index in [9.17, 15) is 4.79 Å². The third-order valence-electron chi connectivity index (χ3n) is 3.19. The summed E-state index contributed by atoms with van der Waals surface area (Å²) in [6.45, 7) is 3.71. The molecule has 3 aromatic rings. The summed E-state index contributed by atoms with van der Waals surface area (Å²) in [5.74, 6) is 0.101. The van der Waals surface area contributed by atoms with Gasteiger partial charge in [-0.2, -0.15) is 0 Å². The van der Waals surface area contributed by atoms with Crippen LogP contribution in [0.3, 0.4) is 0 Å². The molecule has 0 aliphatic rings. The molecule has 0 aliphatic carbocycles. The van der Waals surface area contributed by atoms with Crippen LogP contribution in [0.15, 0.2) is 40.8 Å². The molecule has 0 aliphatic heterocycles. The molecule has 3 nitrogen and oxygen atoms in total. The Labute approximate surface area is 121 Å². The highest BCUT2D eigenvalue weighted by atomic mass is 35.5. The van der Waals surface area contributed by atoms with E-state index in [1.54, 1.807) is 18.2 Å². The summed E-state index contributed by atoms with van der Waals surface area (Å²) < 4.78 is 5.59. The number of halogens is 1. The van der Waals surface area contributed by atoms with Crippen LogP contribution >= 0.6 is 11.6 Å². The first kappa shape index (κ1) is 12.9. The molecule has 0 atom stereocenters. The zero-order valence-electron chi connectivity index (χ0n) is 11.1. The van der Waals surface area contributed by atoms with Crippen LogP contribution in [0.5, 0.6) is 0 Å². The number of carbonyl (C=O) groups is 1. The highest BCUT2D eigenvalue weighted by molar-refractivity contribution is 6.35. The maximum Gasteiger partial charge on any atom is 0.230 e.